The van der Waals surface area contributed by atoms with Crippen LogP contribution in [0.1, 0.15) is 17.3 Å². The highest BCUT2D eigenvalue weighted by molar-refractivity contribution is 8.00. The lowest BCUT2D eigenvalue weighted by Gasteiger charge is -2.16. The van der Waals surface area contributed by atoms with E-state index < -0.39 is 0 Å². The lowest BCUT2D eigenvalue weighted by atomic mass is 10.1. The minimum Gasteiger partial charge on any atom is -0.469 e. The molecule has 1 heterocycles. The third-order valence-electron chi connectivity index (χ3n) is 2.93. The largest absolute Gasteiger partial charge is 0.469 e. The third kappa shape index (κ3) is 5.20. The van der Waals surface area contributed by atoms with Crippen LogP contribution in [0.25, 0.3) is 0 Å². The molecule has 1 unspecified atom stereocenters. The molecule has 0 saturated heterocycles. The van der Waals surface area contributed by atoms with Crippen LogP contribution in [0.5, 0.6) is 0 Å². The van der Waals surface area contributed by atoms with E-state index in [0.29, 0.717) is 5.75 Å². The van der Waals surface area contributed by atoms with E-state index in [0.717, 1.165) is 9.77 Å². The number of hydrogen-bond donors (Lipinski definition) is 1. The van der Waals surface area contributed by atoms with Gasteiger partial charge in [0.05, 0.1) is 25.3 Å². The lowest BCUT2D eigenvalue weighted by molar-refractivity contribution is -0.141. The molecular formula is C16H17NO3S2. The first-order valence-electron chi connectivity index (χ1n) is 6.76. The van der Waals surface area contributed by atoms with Gasteiger partial charge in [0.25, 0.3) is 0 Å². The lowest BCUT2D eigenvalue weighted by Crippen LogP contribution is -2.31. The van der Waals surface area contributed by atoms with Gasteiger partial charge in [0, 0.05) is 9.77 Å². The van der Waals surface area contributed by atoms with Crippen molar-refractivity contribution in [3.8, 4) is 0 Å². The predicted octanol–water partition coefficient (Wildman–Crippen LogP) is 3.26. The smallest absolute Gasteiger partial charge is 0.307 e. The molecule has 0 saturated carbocycles. The molecule has 0 radical (unpaired) electrons. The third-order valence-corrected chi connectivity index (χ3v) is 4.93. The van der Waals surface area contributed by atoms with Gasteiger partial charge in [0.15, 0.2) is 0 Å². The quantitative estimate of drug-likeness (QED) is 0.623. The van der Waals surface area contributed by atoms with E-state index in [2.05, 4.69) is 5.32 Å². The fourth-order valence-electron chi connectivity index (χ4n) is 1.86. The van der Waals surface area contributed by atoms with E-state index in [1.807, 2.05) is 47.8 Å². The fraction of sp³-hybridized carbons (Fsp3) is 0.250. The van der Waals surface area contributed by atoms with Crippen molar-refractivity contribution in [3.05, 3.63) is 52.7 Å². The average molecular weight is 335 g/mol. The molecule has 4 nitrogen and oxygen atoms in total. The van der Waals surface area contributed by atoms with Crippen molar-refractivity contribution in [3.63, 3.8) is 0 Å². The predicted molar refractivity (Wildman–Crippen MR) is 89.0 cm³/mol. The summed E-state index contributed by atoms with van der Waals surface area (Å²) in [6, 6.07) is 13.2. The van der Waals surface area contributed by atoms with Crippen LogP contribution in [0.15, 0.2) is 52.7 Å². The van der Waals surface area contributed by atoms with Gasteiger partial charge < -0.3 is 10.1 Å². The van der Waals surface area contributed by atoms with Crippen molar-refractivity contribution in [2.45, 2.75) is 17.4 Å². The molecule has 1 aromatic heterocycles. The molecule has 2 aromatic rings. The highest BCUT2D eigenvalue weighted by Crippen LogP contribution is 2.23. The van der Waals surface area contributed by atoms with Gasteiger partial charge in [0.2, 0.25) is 5.91 Å². The summed E-state index contributed by atoms with van der Waals surface area (Å²) in [5.74, 6) is -0.127. The maximum absolute atomic E-state index is 12.1. The zero-order valence-corrected chi connectivity index (χ0v) is 13.8. The second kappa shape index (κ2) is 8.60. The van der Waals surface area contributed by atoms with Gasteiger partial charge in [-0.15, -0.1) is 23.1 Å². The molecule has 0 bridgehead atoms. The van der Waals surface area contributed by atoms with Crippen LogP contribution in [0.2, 0.25) is 0 Å². The summed E-state index contributed by atoms with van der Waals surface area (Å²) in [4.78, 5) is 25.6. The number of methoxy groups -OCH3 is 1. The molecule has 6 heteroatoms. The Morgan fingerprint density at radius 1 is 1.23 bits per heavy atom. The molecule has 0 aliphatic heterocycles. The van der Waals surface area contributed by atoms with Crippen LogP contribution in [-0.4, -0.2) is 24.7 Å². The number of benzene rings is 1. The summed E-state index contributed by atoms with van der Waals surface area (Å²) in [6.45, 7) is 0. The molecular weight excluding hydrogens is 318 g/mol. The SMILES string of the molecule is COC(=O)CC(NC(=O)CSc1ccccc1)c1cccs1. The first-order chi connectivity index (χ1) is 10.7. The summed E-state index contributed by atoms with van der Waals surface area (Å²) in [7, 11) is 1.35. The second-order valence-electron chi connectivity index (χ2n) is 4.52. The van der Waals surface area contributed by atoms with E-state index in [1.54, 1.807) is 0 Å². The molecule has 1 amide bonds. The Labute approximate surface area is 137 Å². The number of esters is 1. The maximum atomic E-state index is 12.1. The minimum absolute atomic E-state index is 0.101. The summed E-state index contributed by atoms with van der Waals surface area (Å²) in [5.41, 5.74) is 0. The van der Waals surface area contributed by atoms with Crippen LogP contribution < -0.4 is 5.32 Å². The number of thiophene rings is 1. The Morgan fingerprint density at radius 2 is 2.00 bits per heavy atom. The Hall–Kier alpha value is -1.79. The van der Waals surface area contributed by atoms with Crippen molar-refractivity contribution >= 4 is 35.0 Å². The summed E-state index contributed by atoms with van der Waals surface area (Å²) in [6.07, 6.45) is 0.138. The minimum atomic E-state index is -0.339. The summed E-state index contributed by atoms with van der Waals surface area (Å²) in [5, 5.41) is 4.83. The molecule has 0 spiro atoms. The second-order valence-corrected chi connectivity index (χ2v) is 6.55. The van der Waals surface area contributed by atoms with Crippen molar-refractivity contribution in [2.24, 2.45) is 0 Å². The zero-order valence-electron chi connectivity index (χ0n) is 12.2. The average Bonchev–Trinajstić information content (AvgIpc) is 3.07. The van der Waals surface area contributed by atoms with Crippen LogP contribution >= 0.6 is 23.1 Å². The van der Waals surface area contributed by atoms with Gasteiger partial charge in [-0.05, 0) is 23.6 Å². The molecule has 2 rings (SSSR count). The fourth-order valence-corrected chi connectivity index (χ4v) is 3.37. The molecule has 116 valence electrons. The van der Waals surface area contributed by atoms with Crippen LogP contribution in [-0.2, 0) is 14.3 Å². The molecule has 0 fully saturated rings. The van der Waals surface area contributed by atoms with Crippen molar-refractivity contribution in [1.29, 1.82) is 0 Å². The number of carbonyl (C=O) groups excluding carboxylic acids is 2. The molecule has 0 aliphatic rings. The number of ether oxygens (including phenoxy) is 1. The Kier molecular flexibility index (Phi) is 6.48. The maximum Gasteiger partial charge on any atom is 0.307 e. The normalized spacial score (nSPS) is 11.7. The van der Waals surface area contributed by atoms with Gasteiger partial charge in [-0.1, -0.05) is 24.3 Å². The number of amides is 1. The first-order valence-corrected chi connectivity index (χ1v) is 8.63. The molecule has 1 aromatic carbocycles. The molecule has 22 heavy (non-hydrogen) atoms. The first kappa shape index (κ1) is 16.6. The van der Waals surface area contributed by atoms with Crippen LogP contribution in [0.4, 0.5) is 0 Å². The standard InChI is InChI=1S/C16H17NO3S2/c1-20-16(19)10-13(14-8-5-9-21-14)17-15(18)11-22-12-6-3-2-4-7-12/h2-9,13H,10-11H2,1H3,(H,17,18). The van der Waals surface area contributed by atoms with E-state index >= 15 is 0 Å². The van der Waals surface area contributed by atoms with E-state index in [-0.39, 0.29) is 24.3 Å². The highest BCUT2D eigenvalue weighted by atomic mass is 32.2. The Bertz CT molecular complexity index is 599. The number of rotatable bonds is 7. The van der Waals surface area contributed by atoms with Gasteiger partial charge >= 0.3 is 5.97 Å². The number of nitrogens with one attached hydrogen (secondary N) is 1. The van der Waals surface area contributed by atoms with Crippen LogP contribution in [0.3, 0.4) is 0 Å². The zero-order chi connectivity index (χ0) is 15.8. The Morgan fingerprint density at radius 3 is 2.64 bits per heavy atom. The monoisotopic (exact) mass is 335 g/mol. The van der Waals surface area contributed by atoms with Gasteiger partial charge in [-0.2, -0.15) is 0 Å². The topological polar surface area (TPSA) is 55.4 Å². The summed E-state index contributed by atoms with van der Waals surface area (Å²) >= 11 is 2.98. The van der Waals surface area contributed by atoms with Gasteiger partial charge in [0.1, 0.15) is 0 Å². The number of thioether (sulfide) groups is 1. The van der Waals surface area contributed by atoms with E-state index in [1.165, 1.54) is 30.2 Å². The van der Waals surface area contributed by atoms with Gasteiger partial charge in [-0.3, -0.25) is 9.59 Å². The number of carbonyl (C=O) groups is 2. The van der Waals surface area contributed by atoms with Crippen LogP contribution in [0, 0.1) is 0 Å². The molecule has 0 aliphatic carbocycles. The summed E-state index contributed by atoms with van der Waals surface area (Å²) < 4.78 is 4.70. The van der Waals surface area contributed by atoms with E-state index in [9.17, 15) is 9.59 Å². The van der Waals surface area contributed by atoms with Crippen molar-refractivity contribution in [2.75, 3.05) is 12.9 Å². The number of hydrogen-bond acceptors (Lipinski definition) is 5. The van der Waals surface area contributed by atoms with Gasteiger partial charge in [-0.25, -0.2) is 0 Å². The molecule has 1 atom stereocenters. The molecule has 1 N–H and O–H groups in total. The van der Waals surface area contributed by atoms with E-state index in [4.69, 9.17) is 4.74 Å². The van der Waals surface area contributed by atoms with Crippen molar-refractivity contribution in [1.82, 2.24) is 5.32 Å². The van der Waals surface area contributed by atoms with Crippen molar-refractivity contribution < 1.29 is 14.3 Å². The Balaban J connectivity index is 1.92. The highest BCUT2D eigenvalue weighted by Gasteiger charge is 2.19.